The van der Waals surface area contributed by atoms with E-state index in [1.807, 2.05) is 13.8 Å². The molecule has 16 heavy (non-hydrogen) atoms. The van der Waals surface area contributed by atoms with Gasteiger partial charge in [0.1, 0.15) is 11.4 Å². The van der Waals surface area contributed by atoms with Crippen LogP contribution in [0.15, 0.2) is 6.20 Å². The van der Waals surface area contributed by atoms with Crippen LogP contribution in [0.1, 0.15) is 36.5 Å². The van der Waals surface area contributed by atoms with Crippen LogP contribution >= 0.6 is 0 Å². The van der Waals surface area contributed by atoms with Crippen molar-refractivity contribution in [1.82, 2.24) is 9.97 Å². The maximum atomic E-state index is 11.0. The van der Waals surface area contributed by atoms with Crippen LogP contribution in [0.25, 0.3) is 0 Å². The molecule has 0 saturated carbocycles. The third-order valence-corrected chi connectivity index (χ3v) is 2.68. The SMILES string of the molecule is CCC(C)(OC)c1ncc(C(N)=O)c(N)n1. The normalized spacial score (nSPS) is 14.4. The van der Waals surface area contributed by atoms with E-state index in [-0.39, 0.29) is 11.4 Å². The number of nitrogen functional groups attached to an aromatic ring is 1. The molecule has 0 aromatic carbocycles. The Morgan fingerprint density at radius 3 is 2.62 bits per heavy atom. The summed E-state index contributed by atoms with van der Waals surface area (Å²) in [6.45, 7) is 3.80. The second-order valence-electron chi connectivity index (χ2n) is 3.65. The Labute approximate surface area is 94.0 Å². The first-order valence-electron chi connectivity index (χ1n) is 4.92. The van der Waals surface area contributed by atoms with Crippen LogP contribution in [0.2, 0.25) is 0 Å². The lowest BCUT2D eigenvalue weighted by Gasteiger charge is -2.24. The molecular weight excluding hydrogens is 208 g/mol. The minimum absolute atomic E-state index is 0.0780. The van der Waals surface area contributed by atoms with E-state index in [2.05, 4.69) is 9.97 Å². The van der Waals surface area contributed by atoms with Crippen molar-refractivity contribution in [3.8, 4) is 0 Å². The number of nitrogens with two attached hydrogens (primary N) is 2. The summed E-state index contributed by atoms with van der Waals surface area (Å²) in [7, 11) is 1.57. The molecule has 0 fully saturated rings. The fourth-order valence-corrected chi connectivity index (χ4v) is 1.23. The van der Waals surface area contributed by atoms with Crippen LogP contribution < -0.4 is 11.5 Å². The largest absolute Gasteiger partial charge is 0.383 e. The fourth-order valence-electron chi connectivity index (χ4n) is 1.23. The number of carbonyl (C=O) groups excluding carboxylic acids is 1. The van der Waals surface area contributed by atoms with Gasteiger partial charge in [-0.15, -0.1) is 0 Å². The second-order valence-corrected chi connectivity index (χ2v) is 3.65. The molecule has 6 heteroatoms. The minimum Gasteiger partial charge on any atom is -0.383 e. The summed E-state index contributed by atoms with van der Waals surface area (Å²) in [4.78, 5) is 19.1. The van der Waals surface area contributed by atoms with Gasteiger partial charge in [0.2, 0.25) is 0 Å². The van der Waals surface area contributed by atoms with Gasteiger partial charge in [-0.3, -0.25) is 4.79 Å². The molecule has 0 radical (unpaired) electrons. The van der Waals surface area contributed by atoms with Crippen molar-refractivity contribution in [2.45, 2.75) is 25.9 Å². The smallest absolute Gasteiger partial charge is 0.254 e. The van der Waals surface area contributed by atoms with E-state index in [0.717, 1.165) is 0 Å². The van der Waals surface area contributed by atoms with E-state index in [1.54, 1.807) is 7.11 Å². The summed E-state index contributed by atoms with van der Waals surface area (Å²) in [6, 6.07) is 0. The third kappa shape index (κ3) is 2.11. The van der Waals surface area contributed by atoms with Crippen molar-refractivity contribution >= 4 is 11.7 Å². The maximum Gasteiger partial charge on any atom is 0.254 e. The zero-order chi connectivity index (χ0) is 12.3. The summed E-state index contributed by atoms with van der Waals surface area (Å²) < 4.78 is 5.33. The molecule has 1 atom stereocenters. The second kappa shape index (κ2) is 4.44. The number of ether oxygens (including phenoxy) is 1. The lowest BCUT2D eigenvalue weighted by molar-refractivity contribution is -0.00889. The van der Waals surface area contributed by atoms with Crippen molar-refractivity contribution in [3.63, 3.8) is 0 Å². The van der Waals surface area contributed by atoms with Gasteiger partial charge in [-0.25, -0.2) is 9.97 Å². The molecular formula is C10H16N4O2. The highest BCUT2D eigenvalue weighted by atomic mass is 16.5. The number of anilines is 1. The Hall–Kier alpha value is -1.69. The van der Waals surface area contributed by atoms with Crippen molar-refractivity contribution in [2.24, 2.45) is 5.73 Å². The van der Waals surface area contributed by atoms with Crippen molar-refractivity contribution in [2.75, 3.05) is 12.8 Å². The Balaban J connectivity index is 3.19. The summed E-state index contributed by atoms with van der Waals surface area (Å²) >= 11 is 0. The van der Waals surface area contributed by atoms with Crippen LogP contribution in [-0.2, 0) is 10.3 Å². The Bertz CT molecular complexity index is 402. The van der Waals surface area contributed by atoms with Gasteiger partial charge in [-0.1, -0.05) is 6.92 Å². The van der Waals surface area contributed by atoms with Crippen LogP contribution in [0.5, 0.6) is 0 Å². The maximum absolute atomic E-state index is 11.0. The van der Waals surface area contributed by atoms with Gasteiger partial charge >= 0.3 is 0 Å². The van der Waals surface area contributed by atoms with E-state index in [0.29, 0.717) is 12.2 Å². The topological polar surface area (TPSA) is 104 Å². The molecule has 0 bridgehead atoms. The molecule has 1 aromatic rings. The van der Waals surface area contributed by atoms with Crippen molar-refractivity contribution < 1.29 is 9.53 Å². The van der Waals surface area contributed by atoms with Crippen molar-refractivity contribution in [1.29, 1.82) is 0 Å². The van der Waals surface area contributed by atoms with Gasteiger partial charge in [-0.2, -0.15) is 0 Å². The van der Waals surface area contributed by atoms with Gasteiger partial charge in [0.05, 0.1) is 5.56 Å². The van der Waals surface area contributed by atoms with Gasteiger partial charge in [-0.05, 0) is 13.3 Å². The van der Waals surface area contributed by atoms with E-state index < -0.39 is 11.5 Å². The molecule has 1 unspecified atom stereocenters. The number of rotatable bonds is 4. The Morgan fingerprint density at radius 1 is 1.62 bits per heavy atom. The van der Waals surface area contributed by atoms with Gasteiger partial charge in [0.25, 0.3) is 5.91 Å². The number of primary amides is 1. The first-order chi connectivity index (χ1) is 7.44. The number of hydrogen-bond donors (Lipinski definition) is 2. The predicted molar refractivity (Wildman–Crippen MR) is 59.6 cm³/mol. The Kier molecular flexibility index (Phi) is 3.44. The molecule has 1 heterocycles. The molecule has 1 amide bonds. The zero-order valence-electron chi connectivity index (χ0n) is 9.65. The number of hydrogen-bond acceptors (Lipinski definition) is 5. The van der Waals surface area contributed by atoms with Crippen LogP contribution in [-0.4, -0.2) is 23.0 Å². The summed E-state index contributed by atoms with van der Waals surface area (Å²) in [5.41, 5.74) is 10.2. The van der Waals surface area contributed by atoms with E-state index >= 15 is 0 Å². The van der Waals surface area contributed by atoms with E-state index in [1.165, 1.54) is 6.20 Å². The number of carbonyl (C=O) groups is 1. The fraction of sp³-hybridized carbons (Fsp3) is 0.500. The zero-order valence-corrected chi connectivity index (χ0v) is 9.65. The molecule has 6 nitrogen and oxygen atoms in total. The molecule has 0 aliphatic rings. The average molecular weight is 224 g/mol. The van der Waals surface area contributed by atoms with Crippen LogP contribution in [0.4, 0.5) is 5.82 Å². The van der Waals surface area contributed by atoms with Crippen LogP contribution in [0.3, 0.4) is 0 Å². The standard InChI is InChI=1S/C10H16N4O2/c1-4-10(2,16-3)9-13-5-6(8(12)15)7(11)14-9/h5H,4H2,1-3H3,(H2,12,15)(H2,11,13,14). The molecule has 4 N–H and O–H groups in total. The molecule has 0 spiro atoms. The average Bonchev–Trinajstić information content (AvgIpc) is 2.27. The highest BCUT2D eigenvalue weighted by Crippen LogP contribution is 2.25. The van der Waals surface area contributed by atoms with Gasteiger partial charge < -0.3 is 16.2 Å². The molecule has 0 saturated heterocycles. The monoisotopic (exact) mass is 224 g/mol. The summed E-state index contributed by atoms with van der Waals surface area (Å²) in [5, 5.41) is 0. The number of aromatic nitrogens is 2. The Morgan fingerprint density at radius 2 is 2.25 bits per heavy atom. The lowest BCUT2D eigenvalue weighted by Crippen LogP contribution is -2.27. The van der Waals surface area contributed by atoms with Gasteiger partial charge in [0.15, 0.2) is 5.82 Å². The molecule has 88 valence electrons. The summed E-state index contributed by atoms with van der Waals surface area (Å²) in [6.07, 6.45) is 2.02. The lowest BCUT2D eigenvalue weighted by atomic mass is 10.0. The van der Waals surface area contributed by atoms with E-state index in [4.69, 9.17) is 16.2 Å². The summed E-state index contributed by atoms with van der Waals surface area (Å²) in [5.74, 6) is -0.117. The van der Waals surface area contributed by atoms with E-state index in [9.17, 15) is 4.79 Å². The quantitative estimate of drug-likeness (QED) is 0.771. The highest BCUT2D eigenvalue weighted by Gasteiger charge is 2.28. The first-order valence-corrected chi connectivity index (χ1v) is 4.92. The minimum atomic E-state index is -0.639. The highest BCUT2D eigenvalue weighted by molar-refractivity contribution is 5.96. The number of methoxy groups -OCH3 is 1. The third-order valence-electron chi connectivity index (χ3n) is 2.68. The first kappa shape index (κ1) is 12.4. The molecule has 1 rings (SSSR count). The van der Waals surface area contributed by atoms with Gasteiger partial charge in [0, 0.05) is 13.3 Å². The molecule has 0 aliphatic heterocycles. The number of amides is 1. The molecule has 0 aliphatic carbocycles. The van der Waals surface area contributed by atoms with Crippen molar-refractivity contribution in [3.05, 3.63) is 17.6 Å². The number of nitrogens with zero attached hydrogens (tertiary/aromatic N) is 2. The molecule has 1 aromatic heterocycles. The van der Waals surface area contributed by atoms with Crippen LogP contribution in [0, 0.1) is 0 Å². The predicted octanol–water partition coefficient (Wildman–Crippen LogP) is 0.429.